The minimum Gasteiger partial charge on any atom is -0.316 e. The van der Waals surface area contributed by atoms with E-state index in [1.807, 2.05) is 20.9 Å². The monoisotopic (exact) mass is 181 g/mol. The summed E-state index contributed by atoms with van der Waals surface area (Å²) in [5.41, 5.74) is 2.76. The van der Waals surface area contributed by atoms with Gasteiger partial charge >= 0.3 is 0 Å². The van der Waals surface area contributed by atoms with Crippen LogP contribution in [0, 0.1) is 0 Å². The molecular weight excluding hydrogens is 158 g/mol. The highest BCUT2D eigenvalue weighted by Crippen LogP contribution is 2.03. The van der Waals surface area contributed by atoms with Crippen molar-refractivity contribution in [2.45, 2.75) is 33.7 Å². The first-order valence-electron chi connectivity index (χ1n) is 5.09. The van der Waals surface area contributed by atoms with Gasteiger partial charge in [-0.2, -0.15) is 0 Å². The normalized spacial score (nSPS) is 8.92. The van der Waals surface area contributed by atoms with Gasteiger partial charge in [0.2, 0.25) is 0 Å². The number of aryl methyl sites for hydroxylation is 1. The zero-order chi connectivity index (χ0) is 10.1. The van der Waals surface area contributed by atoms with Crippen LogP contribution in [0.5, 0.6) is 0 Å². The lowest BCUT2D eigenvalue weighted by Gasteiger charge is -2.00. The van der Waals surface area contributed by atoms with Crippen molar-refractivity contribution in [3.8, 4) is 0 Å². The second kappa shape index (κ2) is 7.81. The van der Waals surface area contributed by atoms with E-state index in [1.165, 1.54) is 11.1 Å². The van der Waals surface area contributed by atoms with Crippen molar-refractivity contribution in [2.75, 3.05) is 7.05 Å². The van der Waals surface area contributed by atoms with E-state index in [1.54, 1.807) is 0 Å². The highest BCUT2D eigenvalue weighted by molar-refractivity contribution is 5.22. The Balaban J connectivity index is 0. The molecule has 76 valence electrons. The van der Waals surface area contributed by atoms with Crippen molar-refractivity contribution >= 4 is 0 Å². The van der Waals surface area contributed by atoms with Gasteiger partial charge in [-0.25, -0.2) is 0 Å². The summed E-state index contributed by atoms with van der Waals surface area (Å²) >= 11 is 0. The van der Waals surface area contributed by atoms with Crippen LogP contribution < -0.4 is 5.32 Å². The van der Waals surface area contributed by atoms with Gasteiger partial charge in [0, 0.05) is 7.97 Å². The van der Waals surface area contributed by atoms with Crippen LogP contribution >= 0.6 is 0 Å². The third kappa shape index (κ3) is 4.69. The third-order valence-electron chi connectivity index (χ3n) is 1.81. The molecule has 0 heterocycles. The van der Waals surface area contributed by atoms with Crippen LogP contribution in [0.1, 0.15) is 33.3 Å². The Hall–Kier alpha value is -0.820. The van der Waals surface area contributed by atoms with E-state index < -0.39 is 0 Å². The fourth-order valence-corrected chi connectivity index (χ4v) is 1.10. The molecule has 0 atom stereocenters. The molecule has 0 aliphatic heterocycles. The van der Waals surface area contributed by atoms with Crippen LogP contribution in [0.15, 0.2) is 24.3 Å². The minimum absolute atomic E-state index is 0. The Labute approximate surface area is 83.7 Å². The van der Waals surface area contributed by atoms with E-state index in [2.05, 4.69) is 36.5 Å². The summed E-state index contributed by atoms with van der Waals surface area (Å²) in [5.74, 6) is 0. The van der Waals surface area contributed by atoms with Crippen LogP contribution in [0.2, 0.25) is 0 Å². The van der Waals surface area contributed by atoms with Crippen molar-refractivity contribution in [1.29, 1.82) is 0 Å². The second-order valence-electron chi connectivity index (χ2n) is 2.70. The molecule has 13 heavy (non-hydrogen) atoms. The number of hydrogen-bond donors (Lipinski definition) is 1. The lowest BCUT2D eigenvalue weighted by molar-refractivity contribution is 0.817. The van der Waals surface area contributed by atoms with E-state index in [4.69, 9.17) is 0 Å². The Kier molecular flexibility index (Phi) is 7.32. The third-order valence-corrected chi connectivity index (χ3v) is 1.81. The Morgan fingerprint density at radius 3 is 1.92 bits per heavy atom. The van der Waals surface area contributed by atoms with Gasteiger partial charge in [0.05, 0.1) is 0 Å². The van der Waals surface area contributed by atoms with Gasteiger partial charge in [-0.05, 0) is 24.6 Å². The molecule has 0 radical (unpaired) electrons. The van der Waals surface area contributed by atoms with Crippen molar-refractivity contribution < 1.29 is 1.43 Å². The van der Waals surface area contributed by atoms with Crippen molar-refractivity contribution in [3.63, 3.8) is 0 Å². The molecule has 1 nitrogen and oxygen atoms in total. The molecule has 0 aliphatic rings. The molecule has 0 aromatic heterocycles. The van der Waals surface area contributed by atoms with E-state index >= 15 is 0 Å². The summed E-state index contributed by atoms with van der Waals surface area (Å²) in [7, 11) is 1.97. The van der Waals surface area contributed by atoms with Gasteiger partial charge in [-0.3, -0.25) is 0 Å². The quantitative estimate of drug-likeness (QED) is 0.755. The average molecular weight is 181 g/mol. The molecule has 0 fully saturated rings. The molecule has 0 saturated heterocycles. The molecule has 0 unspecified atom stereocenters. The fraction of sp³-hybridized carbons (Fsp3) is 0.500. The summed E-state index contributed by atoms with van der Waals surface area (Å²) < 4.78 is 0. The smallest absolute Gasteiger partial charge is 0.0202 e. The van der Waals surface area contributed by atoms with Crippen LogP contribution in [0.25, 0.3) is 0 Å². The van der Waals surface area contributed by atoms with Gasteiger partial charge in [-0.1, -0.05) is 45.0 Å². The van der Waals surface area contributed by atoms with Crippen LogP contribution in [0.3, 0.4) is 0 Å². The number of benzene rings is 1. The number of hydrogen-bond acceptors (Lipinski definition) is 1. The lowest BCUT2D eigenvalue weighted by atomic mass is 10.1. The SMILES string of the molecule is CC.CCc1ccc(CNC)cc1.[HH]. The fourth-order valence-electron chi connectivity index (χ4n) is 1.10. The molecule has 1 aromatic rings. The number of rotatable bonds is 3. The summed E-state index contributed by atoms with van der Waals surface area (Å²) in [6, 6.07) is 8.73. The largest absolute Gasteiger partial charge is 0.316 e. The summed E-state index contributed by atoms with van der Waals surface area (Å²) in [5, 5.41) is 3.12. The van der Waals surface area contributed by atoms with Gasteiger partial charge < -0.3 is 5.32 Å². The average Bonchev–Trinajstić information content (AvgIpc) is 2.23. The van der Waals surface area contributed by atoms with Crippen LogP contribution in [-0.4, -0.2) is 7.05 Å². The standard InChI is InChI=1S/C10H15N.C2H6.H2/c1-3-9-4-6-10(7-5-9)8-11-2;1-2;/h4-7,11H,3,8H2,1-2H3;1-2H3;1H. The Morgan fingerprint density at radius 1 is 1.08 bits per heavy atom. The first-order valence-corrected chi connectivity index (χ1v) is 5.09. The first-order chi connectivity index (χ1) is 6.36. The van der Waals surface area contributed by atoms with Crippen molar-refractivity contribution in [1.82, 2.24) is 5.32 Å². The van der Waals surface area contributed by atoms with E-state index in [0.717, 1.165) is 13.0 Å². The van der Waals surface area contributed by atoms with E-state index in [-0.39, 0.29) is 1.43 Å². The van der Waals surface area contributed by atoms with Gasteiger partial charge in [0.25, 0.3) is 0 Å². The van der Waals surface area contributed by atoms with E-state index in [9.17, 15) is 0 Å². The summed E-state index contributed by atoms with van der Waals surface area (Å²) in [6.45, 7) is 7.14. The Bertz CT molecular complexity index is 206. The summed E-state index contributed by atoms with van der Waals surface area (Å²) in [4.78, 5) is 0. The molecule has 1 heteroatoms. The van der Waals surface area contributed by atoms with E-state index in [0.29, 0.717) is 0 Å². The molecule has 0 spiro atoms. The van der Waals surface area contributed by atoms with Crippen LogP contribution in [-0.2, 0) is 13.0 Å². The second-order valence-corrected chi connectivity index (χ2v) is 2.70. The molecular formula is C12H23N. The Morgan fingerprint density at radius 2 is 1.54 bits per heavy atom. The van der Waals surface area contributed by atoms with Crippen molar-refractivity contribution in [2.24, 2.45) is 0 Å². The van der Waals surface area contributed by atoms with Gasteiger partial charge in [0.1, 0.15) is 0 Å². The van der Waals surface area contributed by atoms with Crippen molar-refractivity contribution in [3.05, 3.63) is 35.4 Å². The maximum absolute atomic E-state index is 3.12. The highest BCUT2D eigenvalue weighted by Gasteiger charge is 1.90. The predicted molar refractivity (Wildman–Crippen MR) is 62.0 cm³/mol. The first kappa shape index (κ1) is 12.2. The minimum atomic E-state index is 0. The number of nitrogens with one attached hydrogen (secondary N) is 1. The predicted octanol–water partition coefficient (Wildman–Crippen LogP) is 3.24. The molecule has 1 N–H and O–H groups in total. The maximum Gasteiger partial charge on any atom is 0.0202 e. The van der Waals surface area contributed by atoms with Gasteiger partial charge in [0.15, 0.2) is 0 Å². The molecule has 0 saturated carbocycles. The molecule has 1 rings (SSSR count). The topological polar surface area (TPSA) is 12.0 Å². The summed E-state index contributed by atoms with van der Waals surface area (Å²) in [6.07, 6.45) is 1.12. The van der Waals surface area contributed by atoms with Gasteiger partial charge in [-0.15, -0.1) is 0 Å². The molecule has 1 aromatic carbocycles. The highest BCUT2D eigenvalue weighted by atomic mass is 14.8. The molecule has 0 bridgehead atoms. The zero-order valence-electron chi connectivity index (χ0n) is 9.22. The molecule has 0 aliphatic carbocycles. The lowest BCUT2D eigenvalue weighted by Crippen LogP contribution is -2.04. The molecule has 0 amide bonds. The zero-order valence-corrected chi connectivity index (χ0v) is 9.22. The maximum atomic E-state index is 3.12. The van der Waals surface area contributed by atoms with Crippen LogP contribution in [0.4, 0.5) is 0 Å².